The van der Waals surface area contributed by atoms with Crippen LogP contribution in [0.15, 0.2) is 42.5 Å². The smallest absolute Gasteiger partial charge is 0.312 e. The minimum absolute atomic E-state index is 0.00533. The number of carbonyl (C=O) groups is 6. The highest BCUT2D eigenvalue weighted by Crippen LogP contribution is 2.17. The van der Waals surface area contributed by atoms with Gasteiger partial charge in [0.15, 0.2) is 11.6 Å². The Kier molecular flexibility index (Phi) is 15.5. The van der Waals surface area contributed by atoms with Crippen LogP contribution in [0, 0.1) is 11.8 Å². The molecule has 6 N–H and O–H groups in total. The molecule has 11 nitrogen and oxygen atoms in total. The zero-order chi connectivity index (χ0) is 31.5. The van der Waals surface area contributed by atoms with Gasteiger partial charge >= 0.3 is 6.03 Å². The summed E-state index contributed by atoms with van der Waals surface area (Å²) < 4.78 is 7.44. The van der Waals surface area contributed by atoms with E-state index in [4.69, 9.17) is 7.10 Å². The second-order valence-electron chi connectivity index (χ2n) is 10.3. The largest absolute Gasteiger partial charge is 0.354 e. The van der Waals surface area contributed by atoms with Gasteiger partial charge in [-0.15, -0.1) is 0 Å². The number of allylic oxidation sites excluding steroid dienone is 1. The summed E-state index contributed by atoms with van der Waals surface area (Å²) in [6.07, 6.45) is 4.19. The molecule has 0 fully saturated rings. The Balaban J connectivity index is 2.54. The van der Waals surface area contributed by atoms with Crippen molar-refractivity contribution in [2.75, 3.05) is 13.1 Å². The highest BCUT2D eigenvalue weighted by atomic mass is 16.2. The molecule has 0 saturated heterocycles. The molecule has 1 aromatic rings. The summed E-state index contributed by atoms with van der Waals surface area (Å²) in [7, 11) is 0. The van der Waals surface area contributed by atoms with Gasteiger partial charge in [0.05, 0.1) is 6.04 Å². The summed E-state index contributed by atoms with van der Waals surface area (Å²) in [4.78, 5) is 73.5. The van der Waals surface area contributed by atoms with Crippen LogP contribution < -0.4 is 27.0 Å². The Labute approximate surface area is 243 Å². The van der Waals surface area contributed by atoms with Gasteiger partial charge in [-0.2, -0.15) is 0 Å². The second kappa shape index (κ2) is 19.1. The third-order valence-electron chi connectivity index (χ3n) is 6.14. The maximum atomic E-state index is 13.2. The summed E-state index contributed by atoms with van der Waals surface area (Å²) in [5, 5.41) is 10.6. The van der Waals surface area contributed by atoms with Gasteiger partial charge in [-0.25, -0.2) is 4.79 Å². The molecule has 0 bridgehead atoms. The zero-order valence-electron chi connectivity index (χ0n) is 25.2. The van der Waals surface area contributed by atoms with Crippen LogP contribution in [0.25, 0.3) is 0 Å². The summed E-state index contributed by atoms with van der Waals surface area (Å²) in [6, 6.07) is 6.77. The average molecular weight is 573 g/mol. The van der Waals surface area contributed by atoms with E-state index < -0.39 is 23.9 Å². The summed E-state index contributed by atoms with van der Waals surface area (Å²) in [6.45, 7) is 5.89. The fourth-order valence-electron chi connectivity index (χ4n) is 4.01. The molecule has 226 valence electrons. The second-order valence-corrected chi connectivity index (χ2v) is 10.3. The van der Waals surface area contributed by atoms with Gasteiger partial charge in [0.1, 0.15) is 0 Å². The van der Waals surface area contributed by atoms with Crippen molar-refractivity contribution in [1.29, 1.82) is 0 Å². The maximum Gasteiger partial charge on any atom is 0.312 e. The number of Topliss-reactive ketones (excluding diaryl/α,β-unsaturated/α-hetero) is 1. The summed E-state index contributed by atoms with van der Waals surface area (Å²) in [5.74, 6) is -2.50. The van der Waals surface area contributed by atoms with Gasteiger partial charge in [0.25, 0.3) is 0 Å². The molecule has 0 aliphatic rings. The molecule has 0 aliphatic heterocycles. The molecule has 1 aromatic carbocycles. The van der Waals surface area contributed by atoms with Crippen molar-refractivity contribution in [3.8, 4) is 0 Å². The highest BCUT2D eigenvalue weighted by molar-refractivity contribution is 6.07. The minimum atomic E-state index is -0.780. The van der Waals surface area contributed by atoms with Crippen molar-refractivity contribution in [3.05, 3.63) is 48.0 Å². The van der Waals surface area contributed by atoms with Crippen LogP contribution in [0.5, 0.6) is 0 Å². The lowest BCUT2D eigenvalue weighted by atomic mass is 9.89. The van der Waals surface area contributed by atoms with Gasteiger partial charge in [0.2, 0.25) is 17.7 Å². The lowest BCUT2D eigenvalue weighted by Crippen LogP contribution is -2.46. The molecular formula is C30H45N5O6. The first-order valence-electron chi connectivity index (χ1n) is 14.7. The Morgan fingerprint density at radius 1 is 0.902 bits per heavy atom. The van der Waals surface area contributed by atoms with Crippen molar-refractivity contribution in [1.82, 2.24) is 21.3 Å². The third kappa shape index (κ3) is 15.4. The van der Waals surface area contributed by atoms with E-state index >= 15 is 0 Å². The lowest BCUT2D eigenvalue weighted by Gasteiger charge is -2.24. The first-order chi connectivity index (χ1) is 19.9. The van der Waals surface area contributed by atoms with Gasteiger partial charge in [-0.1, -0.05) is 44.2 Å². The van der Waals surface area contributed by atoms with Crippen molar-refractivity contribution in [2.45, 2.75) is 78.3 Å². The fraction of sp³-hybridized carbons (Fsp3) is 0.533. The van der Waals surface area contributed by atoms with Crippen molar-refractivity contribution >= 4 is 35.3 Å². The molecule has 0 aliphatic carbocycles. The fourth-order valence-corrected chi connectivity index (χ4v) is 4.01. The normalized spacial score (nSPS) is 13.5. The van der Waals surface area contributed by atoms with E-state index in [1.54, 1.807) is 37.3 Å². The Bertz CT molecular complexity index is 1080. The molecule has 1 unspecified atom stereocenters. The number of benzene rings is 1. The third-order valence-corrected chi connectivity index (χ3v) is 6.14. The number of unbranched alkanes of at least 4 members (excludes halogenated alkanes) is 1. The van der Waals surface area contributed by atoms with Crippen molar-refractivity contribution in [3.63, 3.8) is 0 Å². The van der Waals surface area contributed by atoms with Gasteiger partial charge in [0, 0.05) is 50.9 Å². The number of ketones is 2. The van der Waals surface area contributed by atoms with Crippen LogP contribution in [0.4, 0.5) is 4.79 Å². The maximum absolute atomic E-state index is 13.2. The topological polar surface area (TPSA) is 177 Å². The summed E-state index contributed by atoms with van der Waals surface area (Å²) >= 11 is 0. The zero-order valence-corrected chi connectivity index (χ0v) is 24.2. The number of rotatable bonds is 19. The van der Waals surface area contributed by atoms with Crippen LogP contribution in [0.3, 0.4) is 0 Å². The number of primary amides is 1. The predicted octanol–water partition coefficient (Wildman–Crippen LogP) is 2.40. The first kappa shape index (κ1) is 33.2. The molecule has 0 radical (unpaired) electrons. The quantitative estimate of drug-likeness (QED) is 0.0966. The number of urea groups is 1. The van der Waals surface area contributed by atoms with Gasteiger partial charge < -0.3 is 27.0 Å². The van der Waals surface area contributed by atoms with E-state index in [9.17, 15) is 28.8 Å². The van der Waals surface area contributed by atoms with E-state index in [-0.39, 0.29) is 61.6 Å². The van der Waals surface area contributed by atoms with Crippen LogP contribution in [0.2, 0.25) is 0 Å². The van der Waals surface area contributed by atoms with E-state index in [2.05, 4.69) is 21.3 Å². The molecule has 41 heavy (non-hydrogen) atoms. The Morgan fingerprint density at radius 3 is 2.22 bits per heavy atom. The molecule has 1 rings (SSSR count). The molecule has 5 amide bonds. The van der Waals surface area contributed by atoms with E-state index in [1.807, 2.05) is 13.8 Å². The molecule has 0 spiro atoms. The number of nitrogens with one attached hydrogen (secondary N) is 4. The van der Waals surface area contributed by atoms with E-state index in [0.717, 1.165) is 0 Å². The SMILES string of the molecule is [2H]C[C@@H](C)NC(=O)C(CCCNC(N)=O)CC(=O)[C@@H](NC(=O)CCCCNC(=O)/C=C/C(=O)c1ccccc1)C(C)C. The number of hydrogen-bond donors (Lipinski definition) is 5. The van der Waals surface area contributed by atoms with Crippen LogP contribution in [-0.2, 0) is 19.2 Å². The molecule has 3 atom stereocenters. The molecule has 0 aromatic heterocycles. The molecule has 11 heteroatoms. The van der Waals surface area contributed by atoms with Crippen LogP contribution >= 0.6 is 0 Å². The van der Waals surface area contributed by atoms with Crippen LogP contribution in [-0.4, -0.2) is 60.5 Å². The summed E-state index contributed by atoms with van der Waals surface area (Å²) in [5.41, 5.74) is 5.57. The molecular weight excluding hydrogens is 526 g/mol. The minimum Gasteiger partial charge on any atom is -0.354 e. The average Bonchev–Trinajstić information content (AvgIpc) is 2.95. The standard InChI is InChI=1S/C30H45N5O6/c1-20(2)28(25(37)19-23(29(40)34-21(3)4)13-10-18-33-30(31)41)35-27(39)14-8-9-17-32-26(38)16-15-24(36)22-11-6-5-7-12-22/h5-7,11-12,15-16,20-21,23,28H,8-10,13-14,17-19H2,1-4H3,(H,32,38)(H,34,40)(H,35,39)(H3,31,33,41)/b16-15+/t23?,28-/m0/s1/i3D/t21-,23?,28-. The van der Waals surface area contributed by atoms with E-state index in [1.165, 1.54) is 12.2 Å². The molecule has 0 saturated carbocycles. The Hall–Kier alpha value is -4.02. The van der Waals surface area contributed by atoms with Gasteiger partial charge in [-0.05, 0) is 51.5 Å². The molecule has 0 heterocycles. The number of carbonyl (C=O) groups excluding carboxylic acids is 6. The lowest BCUT2D eigenvalue weighted by molar-refractivity contribution is -0.133. The number of nitrogens with two attached hydrogens (primary N) is 1. The monoisotopic (exact) mass is 572 g/mol. The van der Waals surface area contributed by atoms with Crippen LogP contribution in [0.1, 0.15) is 77.9 Å². The highest BCUT2D eigenvalue weighted by Gasteiger charge is 2.29. The number of amides is 5. The predicted molar refractivity (Wildman–Crippen MR) is 157 cm³/mol. The first-order valence-corrected chi connectivity index (χ1v) is 13.9. The van der Waals surface area contributed by atoms with Crippen molar-refractivity contribution < 1.29 is 30.1 Å². The van der Waals surface area contributed by atoms with Gasteiger partial charge in [-0.3, -0.25) is 24.0 Å². The van der Waals surface area contributed by atoms with E-state index in [0.29, 0.717) is 37.8 Å². The Morgan fingerprint density at radius 2 is 1.59 bits per heavy atom. The van der Waals surface area contributed by atoms with Crippen molar-refractivity contribution in [2.24, 2.45) is 17.6 Å². The number of hydrogen-bond acceptors (Lipinski definition) is 6.